The average Bonchev–Trinajstić information content (AvgIpc) is 2.85. The first kappa shape index (κ1) is 25.5. The second-order valence-corrected chi connectivity index (χ2v) is 9.07. The van der Waals surface area contributed by atoms with Crippen LogP contribution in [-0.4, -0.2) is 42.3 Å². The Kier molecular flexibility index (Phi) is 10.4. The Balaban J connectivity index is 1.47. The molecule has 182 valence electrons. The smallest absolute Gasteiger partial charge is 0.267 e. The maximum Gasteiger partial charge on any atom is 0.267 e. The molecule has 0 spiro atoms. The van der Waals surface area contributed by atoms with Crippen molar-refractivity contribution >= 4 is 35.3 Å². The quantitative estimate of drug-likeness (QED) is 0.344. The van der Waals surface area contributed by atoms with Gasteiger partial charge in [-0.2, -0.15) is 0 Å². The lowest BCUT2D eigenvalue weighted by atomic mass is 9.89. The molecule has 2 heterocycles. The summed E-state index contributed by atoms with van der Waals surface area (Å²) < 4.78 is 5.40. The summed E-state index contributed by atoms with van der Waals surface area (Å²) in [5.74, 6) is 0.577. The summed E-state index contributed by atoms with van der Waals surface area (Å²) in [7, 11) is 0. The molecule has 3 N–H and O–H groups in total. The molecular weight excluding hydrogens is 444 g/mol. The first-order chi connectivity index (χ1) is 16.0. The fourth-order valence-electron chi connectivity index (χ4n) is 4.06. The molecule has 8 nitrogen and oxygen atoms in total. The van der Waals surface area contributed by atoms with Crippen LogP contribution in [0.25, 0.3) is 6.08 Å². The Labute approximate surface area is 200 Å². The highest BCUT2D eigenvalue weighted by atomic mass is 35.5. The molecule has 2 atom stereocenters. The summed E-state index contributed by atoms with van der Waals surface area (Å²) in [6, 6.07) is 1.28. The van der Waals surface area contributed by atoms with Crippen molar-refractivity contribution in [3.63, 3.8) is 0 Å². The molecule has 2 amide bonds. The number of carbonyl (C=O) groups is 2. The maximum atomic E-state index is 12.6. The lowest BCUT2D eigenvalue weighted by Crippen LogP contribution is -2.41. The minimum atomic E-state index is -0.412. The number of ether oxygens (including phenoxy) is 1. The summed E-state index contributed by atoms with van der Waals surface area (Å²) in [5.41, 5.74) is 3.03. The lowest BCUT2D eigenvalue weighted by molar-refractivity contribution is -0.198. The number of anilines is 1. The maximum absolute atomic E-state index is 12.6. The number of pyridine rings is 1. The number of hydroxylamine groups is 1. The molecule has 1 aliphatic heterocycles. The van der Waals surface area contributed by atoms with Crippen LogP contribution in [0, 0.1) is 5.92 Å². The van der Waals surface area contributed by atoms with Crippen LogP contribution < -0.4 is 16.1 Å². The monoisotopic (exact) mass is 478 g/mol. The highest BCUT2D eigenvalue weighted by Crippen LogP contribution is 2.24. The zero-order valence-corrected chi connectivity index (χ0v) is 20.0. The molecule has 0 bridgehead atoms. The topological polar surface area (TPSA) is 102 Å². The molecule has 2 aliphatic rings. The van der Waals surface area contributed by atoms with Crippen molar-refractivity contribution in [2.45, 2.75) is 77.0 Å². The van der Waals surface area contributed by atoms with Gasteiger partial charge in [-0.15, -0.1) is 0 Å². The van der Waals surface area contributed by atoms with Gasteiger partial charge in [0, 0.05) is 31.8 Å². The van der Waals surface area contributed by atoms with Gasteiger partial charge >= 0.3 is 0 Å². The van der Waals surface area contributed by atoms with Gasteiger partial charge in [0.25, 0.3) is 5.91 Å². The van der Waals surface area contributed by atoms with E-state index in [0.29, 0.717) is 35.3 Å². The van der Waals surface area contributed by atoms with E-state index < -0.39 is 18.2 Å². The molecule has 0 aromatic carbocycles. The highest BCUT2D eigenvalue weighted by Gasteiger charge is 2.20. The number of rotatable bonds is 10. The molecule has 2 fully saturated rings. The Bertz CT molecular complexity index is 808. The zero-order valence-electron chi connectivity index (χ0n) is 19.3. The Morgan fingerprint density at radius 3 is 2.73 bits per heavy atom. The minimum absolute atomic E-state index is 0.0384. The molecule has 1 aromatic heterocycles. The van der Waals surface area contributed by atoms with Crippen LogP contribution in [0.5, 0.6) is 0 Å². The molecule has 9 heteroatoms. The summed E-state index contributed by atoms with van der Waals surface area (Å²) in [4.78, 5) is 34.2. The number of amides is 2. The van der Waals surface area contributed by atoms with Crippen molar-refractivity contribution in [3.8, 4) is 0 Å². The fraction of sp³-hybridized carbons (Fsp3) is 0.625. The van der Waals surface area contributed by atoms with E-state index in [0.717, 1.165) is 25.8 Å². The molecule has 0 radical (unpaired) electrons. The van der Waals surface area contributed by atoms with Crippen LogP contribution in [0.2, 0.25) is 5.02 Å². The first-order valence-corrected chi connectivity index (χ1v) is 12.4. The third-order valence-electron chi connectivity index (χ3n) is 6.04. The van der Waals surface area contributed by atoms with E-state index in [4.69, 9.17) is 21.2 Å². The third kappa shape index (κ3) is 8.61. The van der Waals surface area contributed by atoms with Crippen molar-refractivity contribution in [1.29, 1.82) is 0 Å². The SMILES string of the molecule is CC[C@@H](Nc1ncc(C=CC(=O)NOC2CCCCO2)cc1Cl)C(=O)NCC1CCCCC1. The Morgan fingerprint density at radius 2 is 2.03 bits per heavy atom. The molecule has 1 aliphatic carbocycles. The highest BCUT2D eigenvalue weighted by molar-refractivity contribution is 6.33. The van der Waals surface area contributed by atoms with E-state index in [1.54, 1.807) is 18.3 Å². The summed E-state index contributed by atoms with van der Waals surface area (Å²) in [5, 5.41) is 6.59. The number of nitrogens with one attached hydrogen (secondary N) is 3. The van der Waals surface area contributed by atoms with Crippen molar-refractivity contribution in [1.82, 2.24) is 15.8 Å². The standard InChI is InChI=1S/C24H35ClN4O4/c1-2-20(24(31)27-15-17-8-4-3-5-9-17)28-23-19(25)14-18(16-26-23)11-12-21(30)29-33-22-10-6-7-13-32-22/h11-12,14,16-17,20,22H,2-10,13,15H2,1H3,(H,26,28)(H,27,31)(H,29,30)/t20-,22?/m1/s1. The van der Waals surface area contributed by atoms with Crippen molar-refractivity contribution in [2.75, 3.05) is 18.5 Å². The Hall–Kier alpha value is -2.16. The molecule has 1 aromatic rings. The van der Waals surface area contributed by atoms with Gasteiger partial charge in [0.15, 0.2) is 6.29 Å². The van der Waals surface area contributed by atoms with Crippen molar-refractivity contribution in [3.05, 3.63) is 28.9 Å². The molecule has 1 saturated carbocycles. The Morgan fingerprint density at radius 1 is 1.24 bits per heavy atom. The van der Waals surface area contributed by atoms with Gasteiger partial charge in [-0.05, 0) is 55.7 Å². The van der Waals surface area contributed by atoms with Gasteiger partial charge in [0.2, 0.25) is 5.91 Å². The number of halogens is 1. The molecule has 1 unspecified atom stereocenters. The molecule has 33 heavy (non-hydrogen) atoms. The predicted molar refractivity (Wildman–Crippen MR) is 128 cm³/mol. The average molecular weight is 479 g/mol. The van der Waals surface area contributed by atoms with Crippen LogP contribution >= 0.6 is 11.6 Å². The van der Waals surface area contributed by atoms with E-state index in [1.165, 1.54) is 38.2 Å². The predicted octanol–water partition coefficient (Wildman–Crippen LogP) is 4.21. The second kappa shape index (κ2) is 13.5. The van der Waals surface area contributed by atoms with Gasteiger partial charge in [-0.3, -0.25) is 9.59 Å². The van der Waals surface area contributed by atoms with Crippen molar-refractivity contribution < 1.29 is 19.2 Å². The summed E-state index contributed by atoms with van der Waals surface area (Å²) in [6.45, 7) is 3.31. The largest absolute Gasteiger partial charge is 0.357 e. The molecule has 3 rings (SSSR count). The number of nitrogens with zero attached hydrogens (tertiary/aromatic N) is 1. The lowest BCUT2D eigenvalue weighted by Gasteiger charge is -2.24. The molecular formula is C24H35ClN4O4. The number of aromatic nitrogens is 1. The second-order valence-electron chi connectivity index (χ2n) is 8.67. The van der Waals surface area contributed by atoms with Crippen LogP contribution in [0.15, 0.2) is 18.3 Å². The summed E-state index contributed by atoms with van der Waals surface area (Å²) in [6.07, 6.45) is 13.7. The van der Waals surface area contributed by atoms with Crippen molar-refractivity contribution in [2.24, 2.45) is 5.92 Å². The summed E-state index contributed by atoms with van der Waals surface area (Å²) >= 11 is 6.38. The zero-order chi connectivity index (χ0) is 23.5. The van der Waals surface area contributed by atoms with E-state index in [9.17, 15) is 9.59 Å². The van der Waals surface area contributed by atoms with Crippen LogP contribution in [0.1, 0.15) is 70.3 Å². The van der Waals surface area contributed by atoms with Gasteiger partial charge in [0.1, 0.15) is 11.9 Å². The normalized spacial score (nSPS) is 20.4. The third-order valence-corrected chi connectivity index (χ3v) is 6.33. The fourth-order valence-corrected chi connectivity index (χ4v) is 4.29. The number of hydrogen-bond donors (Lipinski definition) is 3. The number of carbonyl (C=O) groups excluding carboxylic acids is 2. The first-order valence-electron chi connectivity index (χ1n) is 12.0. The van der Waals surface area contributed by atoms with E-state index in [1.807, 2.05) is 6.92 Å². The van der Waals surface area contributed by atoms with Gasteiger partial charge in [-0.25, -0.2) is 15.3 Å². The van der Waals surface area contributed by atoms with Crippen LogP contribution in [0.4, 0.5) is 5.82 Å². The van der Waals surface area contributed by atoms with Gasteiger partial charge in [0.05, 0.1) is 5.02 Å². The van der Waals surface area contributed by atoms with Gasteiger partial charge < -0.3 is 15.4 Å². The van der Waals surface area contributed by atoms with E-state index >= 15 is 0 Å². The van der Waals surface area contributed by atoms with E-state index in [2.05, 4.69) is 21.1 Å². The van der Waals surface area contributed by atoms with Crippen LogP contribution in [0.3, 0.4) is 0 Å². The van der Waals surface area contributed by atoms with E-state index in [-0.39, 0.29) is 5.91 Å². The number of hydrogen-bond acceptors (Lipinski definition) is 6. The van der Waals surface area contributed by atoms with Gasteiger partial charge in [-0.1, -0.05) is 37.8 Å². The van der Waals surface area contributed by atoms with Crippen LogP contribution in [-0.2, 0) is 19.2 Å². The minimum Gasteiger partial charge on any atom is -0.357 e. The molecule has 1 saturated heterocycles.